The summed E-state index contributed by atoms with van der Waals surface area (Å²) in [7, 11) is 0. The molecule has 0 heterocycles. The fourth-order valence-corrected chi connectivity index (χ4v) is 1.93. The normalized spacial score (nSPS) is 15.8. The van der Waals surface area contributed by atoms with Gasteiger partial charge in [0.1, 0.15) is 0 Å². The third-order valence-corrected chi connectivity index (χ3v) is 3.16. The van der Waals surface area contributed by atoms with Crippen molar-refractivity contribution in [3.05, 3.63) is 35.4 Å². The van der Waals surface area contributed by atoms with Crippen LogP contribution in [-0.4, -0.2) is 17.6 Å². The molecule has 2 rings (SSSR count). The minimum Gasteiger partial charge on any atom is -0.478 e. The van der Waals surface area contributed by atoms with Crippen molar-refractivity contribution in [3.63, 3.8) is 0 Å². The fraction of sp³-hybridized carbons (Fsp3) is 0.462. The Bertz CT molecular complexity index is 372. The number of aromatic carboxylic acids is 1. The zero-order valence-electron chi connectivity index (χ0n) is 9.28. The predicted octanol–water partition coefficient (Wildman–Crippen LogP) is 2.27. The van der Waals surface area contributed by atoms with Crippen molar-refractivity contribution in [1.29, 1.82) is 0 Å². The van der Waals surface area contributed by atoms with Crippen LogP contribution in [0.2, 0.25) is 0 Å². The molecule has 1 fully saturated rings. The summed E-state index contributed by atoms with van der Waals surface area (Å²) in [4.78, 5) is 10.8. The second kappa shape index (κ2) is 5.12. The summed E-state index contributed by atoms with van der Waals surface area (Å²) in [5.74, 6) is -0.0245. The summed E-state index contributed by atoms with van der Waals surface area (Å²) in [6, 6.07) is 7.11. The first-order valence-electron chi connectivity index (χ1n) is 5.78. The Kier molecular flexibility index (Phi) is 3.57. The van der Waals surface area contributed by atoms with Gasteiger partial charge in [-0.05, 0) is 43.0 Å². The third kappa shape index (κ3) is 2.83. The third-order valence-electron chi connectivity index (χ3n) is 3.16. The molecule has 1 aliphatic rings. The predicted molar refractivity (Wildman–Crippen MR) is 62.4 cm³/mol. The molecule has 3 heteroatoms. The van der Waals surface area contributed by atoms with Gasteiger partial charge in [0, 0.05) is 6.54 Å². The van der Waals surface area contributed by atoms with Crippen LogP contribution in [0.15, 0.2) is 24.3 Å². The van der Waals surface area contributed by atoms with Gasteiger partial charge in [0.25, 0.3) is 0 Å². The Balaban J connectivity index is 1.83. The molecule has 0 saturated heterocycles. The van der Waals surface area contributed by atoms with Crippen LogP contribution in [0.25, 0.3) is 0 Å². The molecule has 0 unspecified atom stereocenters. The number of carboxylic acid groups (broad SMARTS) is 1. The van der Waals surface area contributed by atoms with E-state index >= 15 is 0 Å². The van der Waals surface area contributed by atoms with E-state index in [4.69, 9.17) is 5.11 Å². The lowest BCUT2D eigenvalue weighted by Gasteiger charge is -2.25. The van der Waals surface area contributed by atoms with Crippen LogP contribution in [0.1, 0.15) is 35.2 Å². The maximum atomic E-state index is 10.8. The highest BCUT2D eigenvalue weighted by atomic mass is 16.4. The van der Waals surface area contributed by atoms with E-state index in [-0.39, 0.29) is 0 Å². The Morgan fingerprint density at radius 2 is 2.25 bits per heavy atom. The summed E-state index contributed by atoms with van der Waals surface area (Å²) in [5, 5.41) is 12.2. The van der Waals surface area contributed by atoms with Gasteiger partial charge < -0.3 is 10.4 Å². The van der Waals surface area contributed by atoms with E-state index in [1.165, 1.54) is 19.3 Å². The molecule has 0 atom stereocenters. The Morgan fingerprint density at radius 1 is 1.44 bits per heavy atom. The minimum absolute atomic E-state index is 0.364. The van der Waals surface area contributed by atoms with Crippen molar-refractivity contribution in [2.75, 3.05) is 6.54 Å². The van der Waals surface area contributed by atoms with Gasteiger partial charge in [-0.1, -0.05) is 18.6 Å². The van der Waals surface area contributed by atoms with E-state index in [0.717, 1.165) is 24.6 Å². The number of hydrogen-bond acceptors (Lipinski definition) is 2. The van der Waals surface area contributed by atoms with Crippen LogP contribution < -0.4 is 5.32 Å². The Morgan fingerprint density at radius 3 is 2.88 bits per heavy atom. The standard InChI is InChI=1S/C13H17NO2/c15-13(16)12-6-2-5-11(7-12)9-14-8-10-3-1-4-10/h2,5-7,10,14H,1,3-4,8-9H2,(H,15,16). The van der Waals surface area contributed by atoms with Gasteiger partial charge >= 0.3 is 5.97 Å². The lowest BCUT2D eigenvalue weighted by molar-refractivity contribution is 0.0696. The van der Waals surface area contributed by atoms with Gasteiger partial charge in [0.05, 0.1) is 5.56 Å². The van der Waals surface area contributed by atoms with E-state index in [0.29, 0.717) is 5.56 Å². The summed E-state index contributed by atoms with van der Waals surface area (Å²) < 4.78 is 0. The molecule has 0 radical (unpaired) electrons. The molecule has 16 heavy (non-hydrogen) atoms. The first-order chi connectivity index (χ1) is 7.75. The molecule has 1 aromatic carbocycles. The number of hydrogen-bond donors (Lipinski definition) is 2. The SMILES string of the molecule is O=C(O)c1cccc(CNCC2CCC2)c1. The van der Waals surface area contributed by atoms with Crippen molar-refractivity contribution < 1.29 is 9.90 Å². The average Bonchev–Trinajstić information content (AvgIpc) is 2.22. The molecule has 3 nitrogen and oxygen atoms in total. The van der Waals surface area contributed by atoms with Gasteiger partial charge in [-0.3, -0.25) is 0 Å². The first kappa shape index (κ1) is 11.1. The number of benzene rings is 1. The monoisotopic (exact) mass is 219 g/mol. The minimum atomic E-state index is -0.860. The zero-order chi connectivity index (χ0) is 11.4. The number of nitrogens with one attached hydrogen (secondary N) is 1. The number of rotatable bonds is 5. The lowest BCUT2D eigenvalue weighted by Crippen LogP contribution is -2.26. The maximum absolute atomic E-state index is 10.8. The van der Waals surface area contributed by atoms with Crippen LogP contribution in [0.4, 0.5) is 0 Å². The molecule has 0 amide bonds. The van der Waals surface area contributed by atoms with Crippen LogP contribution in [0, 0.1) is 5.92 Å². The quantitative estimate of drug-likeness (QED) is 0.798. The summed E-state index contributed by atoms with van der Waals surface area (Å²) in [5.41, 5.74) is 1.40. The van der Waals surface area contributed by atoms with Crippen molar-refractivity contribution in [2.45, 2.75) is 25.8 Å². The van der Waals surface area contributed by atoms with Crippen LogP contribution >= 0.6 is 0 Å². The topological polar surface area (TPSA) is 49.3 Å². The number of carboxylic acids is 1. The Hall–Kier alpha value is -1.35. The fourth-order valence-electron chi connectivity index (χ4n) is 1.93. The van der Waals surface area contributed by atoms with E-state index in [9.17, 15) is 4.79 Å². The molecule has 0 aliphatic heterocycles. The molecular weight excluding hydrogens is 202 g/mol. The Labute approximate surface area is 95.5 Å². The second-order valence-corrected chi connectivity index (χ2v) is 4.43. The van der Waals surface area contributed by atoms with Gasteiger partial charge in [-0.2, -0.15) is 0 Å². The van der Waals surface area contributed by atoms with Crippen molar-refractivity contribution >= 4 is 5.97 Å². The molecule has 86 valence electrons. The smallest absolute Gasteiger partial charge is 0.335 e. The highest BCUT2D eigenvalue weighted by Gasteiger charge is 2.16. The highest BCUT2D eigenvalue weighted by Crippen LogP contribution is 2.25. The second-order valence-electron chi connectivity index (χ2n) is 4.43. The van der Waals surface area contributed by atoms with Gasteiger partial charge in [-0.15, -0.1) is 0 Å². The summed E-state index contributed by atoms with van der Waals surface area (Å²) in [6.45, 7) is 1.81. The van der Waals surface area contributed by atoms with Crippen molar-refractivity contribution in [2.24, 2.45) is 5.92 Å². The average molecular weight is 219 g/mol. The van der Waals surface area contributed by atoms with Crippen molar-refractivity contribution in [1.82, 2.24) is 5.32 Å². The zero-order valence-corrected chi connectivity index (χ0v) is 9.28. The van der Waals surface area contributed by atoms with E-state index in [1.54, 1.807) is 18.2 Å². The molecule has 0 spiro atoms. The van der Waals surface area contributed by atoms with E-state index in [1.807, 2.05) is 6.07 Å². The van der Waals surface area contributed by atoms with Gasteiger partial charge in [0.15, 0.2) is 0 Å². The van der Waals surface area contributed by atoms with Crippen LogP contribution in [-0.2, 0) is 6.54 Å². The van der Waals surface area contributed by atoms with Crippen LogP contribution in [0.5, 0.6) is 0 Å². The lowest BCUT2D eigenvalue weighted by atomic mass is 9.85. The largest absolute Gasteiger partial charge is 0.478 e. The van der Waals surface area contributed by atoms with Gasteiger partial charge in [0.2, 0.25) is 0 Å². The van der Waals surface area contributed by atoms with Gasteiger partial charge in [-0.25, -0.2) is 4.79 Å². The molecular formula is C13H17NO2. The van der Waals surface area contributed by atoms with E-state index < -0.39 is 5.97 Å². The molecule has 1 aliphatic carbocycles. The molecule has 1 aromatic rings. The maximum Gasteiger partial charge on any atom is 0.335 e. The summed E-state index contributed by atoms with van der Waals surface area (Å²) >= 11 is 0. The highest BCUT2D eigenvalue weighted by molar-refractivity contribution is 5.87. The summed E-state index contributed by atoms with van der Waals surface area (Å²) in [6.07, 6.45) is 4.03. The molecule has 0 bridgehead atoms. The number of carbonyl (C=O) groups is 1. The first-order valence-corrected chi connectivity index (χ1v) is 5.78. The van der Waals surface area contributed by atoms with Crippen molar-refractivity contribution in [3.8, 4) is 0 Å². The van der Waals surface area contributed by atoms with Crippen LogP contribution in [0.3, 0.4) is 0 Å². The van der Waals surface area contributed by atoms with E-state index in [2.05, 4.69) is 5.32 Å². The molecule has 1 saturated carbocycles. The molecule has 2 N–H and O–H groups in total. The molecule has 0 aromatic heterocycles.